The van der Waals surface area contributed by atoms with Gasteiger partial charge in [0.25, 0.3) is 0 Å². The fourth-order valence-corrected chi connectivity index (χ4v) is 4.19. The van der Waals surface area contributed by atoms with Crippen LogP contribution < -0.4 is 10.2 Å². The first-order valence-electron chi connectivity index (χ1n) is 11.1. The average Bonchev–Trinajstić information content (AvgIpc) is 2.99. The number of aryl methyl sites for hydroxylation is 4. The maximum absolute atomic E-state index is 14.5. The summed E-state index contributed by atoms with van der Waals surface area (Å²) in [6.07, 6.45) is 4.41. The summed E-state index contributed by atoms with van der Waals surface area (Å²) in [6, 6.07) is 7.54. The van der Waals surface area contributed by atoms with Crippen LogP contribution in [0.4, 0.5) is 21.7 Å². The van der Waals surface area contributed by atoms with Gasteiger partial charge in [0.15, 0.2) is 0 Å². The van der Waals surface area contributed by atoms with Crippen LogP contribution in [0.1, 0.15) is 56.2 Å². The minimum Gasteiger partial charge on any atom is -0.370 e. The van der Waals surface area contributed by atoms with Crippen LogP contribution >= 0.6 is 0 Å². The molecule has 162 valence electrons. The highest BCUT2D eigenvalue weighted by atomic mass is 19.1. The van der Waals surface area contributed by atoms with E-state index in [-0.39, 0.29) is 5.82 Å². The van der Waals surface area contributed by atoms with Crippen LogP contribution in [0.2, 0.25) is 0 Å². The molecule has 3 rings (SSSR count). The van der Waals surface area contributed by atoms with Gasteiger partial charge < -0.3 is 14.8 Å². The van der Waals surface area contributed by atoms with Gasteiger partial charge in [-0.1, -0.05) is 44.4 Å². The van der Waals surface area contributed by atoms with Gasteiger partial charge in [0.1, 0.15) is 5.82 Å². The number of unbranched alkanes of at least 4 members (excludes halogenated alkanes) is 2. The van der Waals surface area contributed by atoms with Crippen LogP contribution in [0, 0.1) is 26.6 Å². The van der Waals surface area contributed by atoms with Gasteiger partial charge in [-0.3, -0.25) is 0 Å². The maximum atomic E-state index is 14.5. The highest BCUT2D eigenvalue weighted by Gasteiger charge is 2.19. The molecule has 2 aromatic carbocycles. The number of rotatable bonds is 9. The van der Waals surface area contributed by atoms with Gasteiger partial charge in [-0.25, -0.2) is 9.37 Å². The Bertz CT molecular complexity index is 991. The third-order valence-electron chi connectivity index (χ3n) is 5.73. The lowest BCUT2D eigenvalue weighted by Crippen LogP contribution is -2.26. The van der Waals surface area contributed by atoms with Crippen molar-refractivity contribution in [1.82, 2.24) is 9.55 Å². The predicted octanol–water partition coefficient (Wildman–Crippen LogP) is 6.79. The van der Waals surface area contributed by atoms with E-state index in [9.17, 15) is 4.39 Å². The number of fused-ring (bicyclic) bond motifs is 1. The Morgan fingerprint density at radius 2 is 1.57 bits per heavy atom. The van der Waals surface area contributed by atoms with Crippen molar-refractivity contribution in [3.05, 3.63) is 46.8 Å². The molecule has 1 N–H and O–H groups in total. The van der Waals surface area contributed by atoms with Crippen molar-refractivity contribution in [2.24, 2.45) is 7.05 Å². The number of imidazole rings is 1. The first kappa shape index (κ1) is 22.1. The van der Waals surface area contributed by atoms with E-state index in [4.69, 9.17) is 4.98 Å². The van der Waals surface area contributed by atoms with Gasteiger partial charge in [-0.2, -0.15) is 0 Å². The standard InChI is InChI=1S/C25H35FN4/c1-7-9-11-30(12-10-8-2)22-16-20(26)15-21-24(22)29(6)25(27-21)28-23-18(4)13-17(3)14-19(23)5/h13-16H,7-12H2,1-6H3,(H,27,28). The SMILES string of the molecule is CCCCN(CCCC)c1cc(F)cc2nc(Nc3c(C)cc(C)cc3C)n(C)c12. The first-order chi connectivity index (χ1) is 14.3. The summed E-state index contributed by atoms with van der Waals surface area (Å²) < 4.78 is 16.6. The zero-order chi connectivity index (χ0) is 21.8. The number of anilines is 3. The largest absolute Gasteiger partial charge is 0.370 e. The monoisotopic (exact) mass is 410 g/mol. The molecule has 0 aliphatic heterocycles. The van der Waals surface area contributed by atoms with E-state index in [1.807, 2.05) is 7.05 Å². The van der Waals surface area contributed by atoms with Crippen LogP contribution in [0.5, 0.6) is 0 Å². The molecule has 4 nitrogen and oxygen atoms in total. The zero-order valence-corrected chi connectivity index (χ0v) is 19.3. The Hall–Kier alpha value is -2.56. The number of aromatic nitrogens is 2. The van der Waals surface area contributed by atoms with Crippen molar-refractivity contribution in [1.29, 1.82) is 0 Å². The Labute approximate surface area is 180 Å². The van der Waals surface area contributed by atoms with Crippen molar-refractivity contribution in [3.63, 3.8) is 0 Å². The summed E-state index contributed by atoms with van der Waals surface area (Å²) in [5.41, 5.74) is 7.27. The normalized spacial score (nSPS) is 11.3. The van der Waals surface area contributed by atoms with Gasteiger partial charge in [0.05, 0.1) is 16.7 Å². The predicted molar refractivity (Wildman–Crippen MR) is 127 cm³/mol. The van der Waals surface area contributed by atoms with Crippen molar-refractivity contribution in [3.8, 4) is 0 Å². The maximum Gasteiger partial charge on any atom is 0.208 e. The van der Waals surface area contributed by atoms with E-state index in [2.05, 4.69) is 61.5 Å². The fourth-order valence-electron chi connectivity index (χ4n) is 4.19. The van der Waals surface area contributed by atoms with Crippen LogP contribution in [-0.4, -0.2) is 22.6 Å². The molecule has 0 amide bonds. The molecule has 0 aliphatic carbocycles. The van der Waals surface area contributed by atoms with E-state index in [1.165, 1.54) is 22.8 Å². The van der Waals surface area contributed by atoms with E-state index in [0.29, 0.717) is 5.52 Å². The number of hydrogen-bond donors (Lipinski definition) is 1. The molecule has 0 saturated heterocycles. The molecule has 0 aliphatic rings. The number of halogens is 1. The highest BCUT2D eigenvalue weighted by Crippen LogP contribution is 2.33. The molecule has 1 heterocycles. The van der Waals surface area contributed by atoms with Crippen LogP contribution in [0.3, 0.4) is 0 Å². The lowest BCUT2D eigenvalue weighted by molar-refractivity contribution is 0.625. The summed E-state index contributed by atoms with van der Waals surface area (Å²) >= 11 is 0. The third-order valence-corrected chi connectivity index (χ3v) is 5.73. The molecule has 0 saturated carbocycles. The van der Waals surface area contributed by atoms with Crippen molar-refractivity contribution in [2.45, 2.75) is 60.3 Å². The summed E-state index contributed by atoms with van der Waals surface area (Å²) in [6.45, 7) is 12.6. The van der Waals surface area contributed by atoms with E-state index < -0.39 is 0 Å². The third kappa shape index (κ3) is 4.61. The Morgan fingerprint density at radius 3 is 2.13 bits per heavy atom. The molecular weight excluding hydrogens is 375 g/mol. The molecule has 0 atom stereocenters. The molecule has 0 spiro atoms. The van der Waals surface area contributed by atoms with Crippen LogP contribution in [0.15, 0.2) is 24.3 Å². The van der Waals surface area contributed by atoms with E-state index in [1.54, 1.807) is 6.07 Å². The summed E-state index contributed by atoms with van der Waals surface area (Å²) in [5.74, 6) is 0.501. The minimum atomic E-state index is -0.233. The topological polar surface area (TPSA) is 33.1 Å². The number of hydrogen-bond acceptors (Lipinski definition) is 3. The van der Waals surface area contributed by atoms with Gasteiger partial charge in [0.2, 0.25) is 5.95 Å². The minimum absolute atomic E-state index is 0.233. The summed E-state index contributed by atoms with van der Waals surface area (Å²) in [4.78, 5) is 7.09. The molecule has 3 aromatic rings. The van der Waals surface area contributed by atoms with Crippen molar-refractivity contribution in [2.75, 3.05) is 23.3 Å². The lowest BCUT2D eigenvalue weighted by atomic mass is 10.1. The number of nitrogens with zero attached hydrogens (tertiary/aromatic N) is 3. The second-order valence-electron chi connectivity index (χ2n) is 8.38. The second-order valence-corrected chi connectivity index (χ2v) is 8.38. The number of benzene rings is 2. The quantitative estimate of drug-likeness (QED) is 0.422. The van der Waals surface area contributed by atoms with Crippen LogP contribution in [0.25, 0.3) is 11.0 Å². The van der Waals surface area contributed by atoms with E-state index >= 15 is 0 Å². The van der Waals surface area contributed by atoms with Gasteiger partial charge >= 0.3 is 0 Å². The van der Waals surface area contributed by atoms with Gasteiger partial charge in [-0.05, 0) is 50.8 Å². The molecule has 0 bridgehead atoms. The Morgan fingerprint density at radius 1 is 0.967 bits per heavy atom. The smallest absolute Gasteiger partial charge is 0.208 e. The highest BCUT2D eigenvalue weighted by molar-refractivity contribution is 5.92. The van der Waals surface area contributed by atoms with Gasteiger partial charge in [0, 0.05) is 31.9 Å². The fraction of sp³-hybridized carbons (Fsp3) is 0.480. The van der Waals surface area contributed by atoms with E-state index in [0.717, 1.165) is 61.6 Å². The van der Waals surface area contributed by atoms with Crippen molar-refractivity contribution >= 4 is 28.4 Å². The molecule has 5 heteroatoms. The number of nitrogens with one attached hydrogen (secondary N) is 1. The first-order valence-corrected chi connectivity index (χ1v) is 11.1. The molecule has 30 heavy (non-hydrogen) atoms. The molecule has 0 unspecified atom stereocenters. The summed E-state index contributed by atoms with van der Waals surface area (Å²) in [7, 11) is 2.01. The summed E-state index contributed by atoms with van der Waals surface area (Å²) in [5, 5.41) is 3.51. The lowest BCUT2D eigenvalue weighted by Gasteiger charge is -2.26. The average molecular weight is 411 g/mol. The van der Waals surface area contributed by atoms with Crippen LogP contribution in [-0.2, 0) is 7.05 Å². The van der Waals surface area contributed by atoms with Crippen molar-refractivity contribution < 1.29 is 4.39 Å². The Kier molecular flexibility index (Phi) is 7.01. The molecule has 1 aromatic heterocycles. The second kappa shape index (κ2) is 9.50. The zero-order valence-electron chi connectivity index (χ0n) is 19.3. The Balaban J connectivity index is 2.08. The molecular formula is C25H35FN4. The molecule has 0 radical (unpaired) electrons. The van der Waals surface area contributed by atoms with Gasteiger partial charge in [-0.15, -0.1) is 0 Å². The molecule has 0 fully saturated rings.